The number of urea groups is 1. The Labute approximate surface area is 178 Å². The van der Waals surface area contributed by atoms with Gasteiger partial charge in [0.15, 0.2) is 0 Å². The number of carboxylic acid groups (broad SMARTS) is 3. The van der Waals surface area contributed by atoms with E-state index in [4.69, 9.17) is 10.2 Å². The van der Waals surface area contributed by atoms with Crippen LogP contribution in [0.1, 0.15) is 51.4 Å². The number of carbonyl (C=O) groups excluding carboxylic acids is 3. The van der Waals surface area contributed by atoms with Crippen LogP contribution in [0.3, 0.4) is 0 Å². The van der Waals surface area contributed by atoms with Gasteiger partial charge in [-0.15, -0.1) is 0 Å². The van der Waals surface area contributed by atoms with E-state index in [0.29, 0.717) is 19.5 Å². The Bertz CT molecular complexity index is 627. The lowest BCUT2D eigenvalue weighted by Crippen LogP contribution is -2.51. The first-order chi connectivity index (χ1) is 14.7. The number of unbranched alkanes of at least 4 members (excludes halogenated alkanes) is 3. The molecule has 13 heteroatoms. The highest BCUT2D eigenvalue weighted by atomic mass is 16.4. The van der Waals surface area contributed by atoms with Crippen LogP contribution in [-0.4, -0.2) is 76.7 Å². The maximum absolute atomic E-state index is 11.9. The predicted octanol–water partition coefficient (Wildman–Crippen LogP) is -0.740. The van der Waals surface area contributed by atoms with Crippen LogP contribution in [0.4, 0.5) is 4.79 Å². The number of rotatable bonds is 18. The van der Waals surface area contributed by atoms with Gasteiger partial charge in [-0.3, -0.25) is 14.4 Å². The van der Waals surface area contributed by atoms with Crippen LogP contribution in [0.5, 0.6) is 0 Å². The molecule has 31 heavy (non-hydrogen) atoms. The molecule has 0 rings (SSSR count). The minimum absolute atomic E-state index is 0.165. The Morgan fingerprint density at radius 3 is 1.74 bits per heavy atom. The molecule has 0 saturated heterocycles. The lowest BCUT2D eigenvalue weighted by atomic mass is 10.1. The molecule has 0 bridgehead atoms. The van der Waals surface area contributed by atoms with E-state index in [1.165, 1.54) is 0 Å². The van der Waals surface area contributed by atoms with Crippen LogP contribution in [-0.2, 0) is 24.0 Å². The van der Waals surface area contributed by atoms with E-state index in [9.17, 15) is 33.9 Å². The normalized spacial score (nSPS) is 12.1. The maximum Gasteiger partial charge on any atom is 0.326 e. The highest BCUT2D eigenvalue weighted by molar-refractivity contribution is 5.86. The lowest BCUT2D eigenvalue weighted by Gasteiger charge is -2.18. The largest absolute Gasteiger partial charge is 0.481 e. The van der Waals surface area contributed by atoms with Crippen LogP contribution in [0.15, 0.2) is 0 Å². The Hall–Kier alpha value is -3.38. The fourth-order valence-corrected chi connectivity index (χ4v) is 2.50. The Morgan fingerprint density at radius 2 is 1.26 bits per heavy atom. The van der Waals surface area contributed by atoms with E-state index in [-0.39, 0.29) is 25.2 Å². The summed E-state index contributed by atoms with van der Waals surface area (Å²) in [6, 6.07) is -4.01. The summed E-state index contributed by atoms with van der Waals surface area (Å²) in [6.45, 7) is 1.01. The first-order valence-electron chi connectivity index (χ1n) is 9.85. The third-order valence-corrected chi connectivity index (χ3v) is 4.17. The van der Waals surface area contributed by atoms with Crippen LogP contribution < -0.4 is 21.3 Å². The van der Waals surface area contributed by atoms with Crippen LogP contribution in [0.25, 0.3) is 0 Å². The van der Waals surface area contributed by atoms with Crippen molar-refractivity contribution < 1.29 is 44.1 Å². The zero-order chi connectivity index (χ0) is 23.6. The number of hydrogen-bond donors (Lipinski definition) is 7. The van der Waals surface area contributed by atoms with E-state index in [2.05, 4.69) is 16.0 Å². The second kappa shape index (κ2) is 16.4. The first kappa shape index (κ1) is 27.6. The number of hydrogen-bond acceptors (Lipinski definition) is 6. The zero-order valence-electron chi connectivity index (χ0n) is 17.1. The average Bonchev–Trinajstić information content (AvgIpc) is 2.69. The van der Waals surface area contributed by atoms with Gasteiger partial charge in [-0.1, -0.05) is 12.8 Å². The fraction of sp³-hybridized carbons (Fsp3) is 0.667. The summed E-state index contributed by atoms with van der Waals surface area (Å²) in [6.07, 6.45) is 2.70. The number of carbonyl (C=O) groups is 6. The highest BCUT2D eigenvalue weighted by Gasteiger charge is 2.25. The number of aliphatic carboxylic acids is 3. The van der Waals surface area contributed by atoms with Gasteiger partial charge in [0.05, 0.1) is 0 Å². The SMILES string of the molecule is O=CNCCCCCCNC(=O)CCC(NC(=O)NC(CCC(=O)O)C(=O)O)C(=O)O. The molecule has 0 aromatic carbocycles. The quantitative estimate of drug-likeness (QED) is 0.104. The molecule has 0 aromatic rings. The molecule has 4 amide bonds. The van der Waals surface area contributed by atoms with E-state index in [1.807, 2.05) is 5.32 Å². The molecule has 0 heterocycles. The van der Waals surface area contributed by atoms with Gasteiger partial charge in [0.25, 0.3) is 0 Å². The Kier molecular flexibility index (Phi) is 14.6. The van der Waals surface area contributed by atoms with Gasteiger partial charge in [-0.05, 0) is 25.7 Å². The smallest absolute Gasteiger partial charge is 0.326 e. The van der Waals surface area contributed by atoms with Crippen LogP contribution in [0.2, 0.25) is 0 Å². The molecule has 0 aliphatic heterocycles. The molecule has 0 fully saturated rings. The molecule has 0 aliphatic carbocycles. The van der Waals surface area contributed by atoms with Crippen molar-refractivity contribution in [3.05, 3.63) is 0 Å². The highest BCUT2D eigenvalue weighted by Crippen LogP contribution is 2.02. The fourth-order valence-electron chi connectivity index (χ4n) is 2.50. The van der Waals surface area contributed by atoms with Gasteiger partial charge in [-0.2, -0.15) is 0 Å². The molecule has 13 nitrogen and oxygen atoms in total. The number of amides is 4. The van der Waals surface area contributed by atoms with Crippen molar-refractivity contribution in [2.75, 3.05) is 13.1 Å². The number of carboxylic acids is 3. The van der Waals surface area contributed by atoms with Gasteiger partial charge < -0.3 is 36.6 Å². The topological polar surface area (TPSA) is 211 Å². The molecule has 0 spiro atoms. The van der Waals surface area contributed by atoms with Gasteiger partial charge >= 0.3 is 23.9 Å². The van der Waals surface area contributed by atoms with Crippen molar-refractivity contribution in [1.29, 1.82) is 0 Å². The van der Waals surface area contributed by atoms with Crippen molar-refractivity contribution in [3.8, 4) is 0 Å². The Morgan fingerprint density at radius 1 is 0.742 bits per heavy atom. The summed E-state index contributed by atoms with van der Waals surface area (Å²) in [5.41, 5.74) is 0. The molecule has 0 aromatic heterocycles. The standard InChI is InChI=1S/C18H30N4O9/c23-11-19-9-3-1-2-4-10-20-14(24)7-5-12(16(27)28)21-18(31)22-13(17(29)30)6-8-15(25)26/h11-13H,1-10H2,(H,19,23)(H,20,24)(H,25,26)(H,27,28)(H,29,30)(H2,21,22,31). The van der Waals surface area contributed by atoms with Gasteiger partial charge in [0.1, 0.15) is 12.1 Å². The molecular formula is C18H30N4O9. The molecule has 7 N–H and O–H groups in total. The van der Waals surface area contributed by atoms with E-state index >= 15 is 0 Å². The second-order valence-electron chi connectivity index (χ2n) is 6.71. The summed E-state index contributed by atoms with van der Waals surface area (Å²) in [5, 5.41) is 36.1. The van der Waals surface area contributed by atoms with Crippen molar-refractivity contribution in [1.82, 2.24) is 21.3 Å². The molecule has 176 valence electrons. The average molecular weight is 446 g/mol. The van der Waals surface area contributed by atoms with Crippen molar-refractivity contribution in [2.24, 2.45) is 0 Å². The van der Waals surface area contributed by atoms with E-state index < -0.39 is 42.4 Å². The Balaban J connectivity index is 4.26. The summed E-state index contributed by atoms with van der Waals surface area (Å²) in [7, 11) is 0. The van der Waals surface area contributed by atoms with E-state index in [0.717, 1.165) is 25.7 Å². The molecule has 2 atom stereocenters. The molecule has 0 aliphatic rings. The first-order valence-corrected chi connectivity index (χ1v) is 9.85. The summed E-state index contributed by atoms with van der Waals surface area (Å²) < 4.78 is 0. The molecular weight excluding hydrogens is 416 g/mol. The van der Waals surface area contributed by atoms with Crippen LogP contribution >= 0.6 is 0 Å². The lowest BCUT2D eigenvalue weighted by molar-refractivity contribution is -0.141. The van der Waals surface area contributed by atoms with Gasteiger partial charge in [0, 0.05) is 25.9 Å². The maximum atomic E-state index is 11.9. The third kappa shape index (κ3) is 15.2. The third-order valence-electron chi connectivity index (χ3n) is 4.17. The summed E-state index contributed by atoms with van der Waals surface area (Å²) >= 11 is 0. The zero-order valence-corrected chi connectivity index (χ0v) is 17.1. The van der Waals surface area contributed by atoms with Gasteiger partial charge in [-0.25, -0.2) is 14.4 Å². The molecule has 2 unspecified atom stereocenters. The van der Waals surface area contributed by atoms with Crippen LogP contribution in [0, 0.1) is 0 Å². The minimum Gasteiger partial charge on any atom is -0.481 e. The monoisotopic (exact) mass is 446 g/mol. The van der Waals surface area contributed by atoms with Crippen molar-refractivity contribution in [3.63, 3.8) is 0 Å². The number of nitrogens with one attached hydrogen (secondary N) is 4. The van der Waals surface area contributed by atoms with Gasteiger partial charge in [0.2, 0.25) is 12.3 Å². The summed E-state index contributed by atoms with van der Waals surface area (Å²) in [5.74, 6) is -4.48. The van der Waals surface area contributed by atoms with E-state index in [1.54, 1.807) is 0 Å². The predicted molar refractivity (Wildman–Crippen MR) is 106 cm³/mol. The minimum atomic E-state index is -1.50. The second-order valence-corrected chi connectivity index (χ2v) is 6.71. The van der Waals surface area contributed by atoms with Crippen molar-refractivity contribution >= 4 is 36.3 Å². The van der Waals surface area contributed by atoms with Crippen molar-refractivity contribution in [2.45, 2.75) is 63.5 Å². The summed E-state index contributed by atoms with van der Waals surface area (Å²) in [4.78, 5) is 66.7. The molecule has 0 radical (unpaired) electrons. The molecule has 0 saturated carbocycles.